The third-order valence-electron chi connectivity index (χ3n) is 2.75. The van der Waals surface area contributed by atoms with E-state index < -0.39 is 8.80 Å². The monoisotopic (exact) mass is 225 g/mol. The fraction of sp³-hybridized carbons (Fsp3) is 0.200. The first-order valence-electron chi connectivity index (χ1n) is 5.76. The molecule has 1 heteroatoms. The van der Waals surface area contributed by atoms with E-state index in [0.717, 1.165) is 5.54 Å². The molecule has 0 amide bonds. The van der Waals surface area contributed by atoms with Gasteiger partial charge in [-0.1, -0.05) is 36.4 Å². The predicted molar refractivity (Wildman–Crippen MR) is 73.0 cm³/mol. The number of hydrogen-bond donors (Lipinski definition) is 0. The van der Waals surface area contributed by atoms with E-state index in [1.54, 1.807) is 0 Å². The first-order valence-corrected chi connectivity index (χ1v) is 7.34. The van der Waals surface area contributed by atoms with Crippen molar-refractivity contribution in [3.8, 4) is 0 Å². The Kier molecular flexibility index (Phi) is 3.57. The van der Waals surface area contributed by atoms with Crippen molar-refractivity contribution < 1.29 is 0 Å². The van der Waals surface area contributed by atoms with Crippen LogP contribution in [-0.2, 0) is 0 Å². The number of benzene rings is 2. The van der Waals surface area contributed by atoms with Gasteiger partial charge in [-0.3, -0.25) is 0 Å². The molecular weight excluding hydrogens is 208 g/mol. The van der Waals surface area contributed by atoms with Gasteiger partial charge in [-0.2, -0.15) is 0 Å². The van der Waals surface area contributed by atoms with Crippen LogP contribution in [0.15, 0.2) is 60.7 Å². The fourth-order valence-electron chi connectivity index (χ4n) is 2.07. The molecule has 2 rings (SSSR count). The van der Waals surface area contributed by atoms with Crippen LogP contribution in [0, 0.1) is 0 Å². The minimum Gasteiger partial charge on any atom is -0.0621 e. The van der Waals surface area contributed by atoms with Gasteiger partial charge in [-0.25, -0.2) is 0 Å². The zero-order valence-electron chi connectivity index (χ0n) is 9.85. The van der Waals surface area contributed by atoms with Gasteiger partial charge < -0.3 is 0 Å². The molecule has 0 aliphatic heterocycles. The predicted octanol–water partition coefficient (Wildman–Crippen LogP) is 2.71. The molecule has 0 nitrogen and oxygen atoms in total. The highest BCUT2D eigenvalue weighted by molar-refractivity contribution is 6.86. The molecule has 0 aliphatic rings. The zero-order valence-corrected chi connectivity index (χ0v) is 10.9. The first-order chi connectivity index (χ1) is 7.79. The van der Waals surface area contributed by atoms with Crippen LogP contribution in [0.2, 0.25) is 5.54 Å². The Morgan fingerprint density at radius 2 is 1.06 bits per heavy atom. The molecular formula is C15H17Si+. The lowest BCUT2D eigenvalue weighted by Crippen LogP contribution is -2.44. The molecule has 0 aliphatic carbocycles. The highest BCUT2D eigenvalue weighted by Crippen LogP contribution is 2.08. The summed E-state index contributed by atoms with van der Waals surface area (Å²) in [5, 5.41) is 3.02. The van der Waals surface area contributed by atoms with E-state index in [0.29, 0.717) is 0 Å². The Labute approximate surface area is 99.6 Å². The van der Waals surface area contributed by atoms with Crippen LogP contribution in [0.3, 0.4) is 0 Å². The Morgan fingerprint density at radius 1 is 0.688 bits per heavy atom. The molecule has 0 bridgehead atoms. The zero-order chi connectivity index (χ0) is 11.4. The minimum atomic E-state index is -0.617. The second-order valence-electron chi connectivity index (χ2n) is 4.30. The highest BCUT2D eigenvalue weighted by Gasteiger charge is 2.36. The highest BCUT2D eigenvalue weighted by atomic mass is 28.3. The van der Waals surface area contributed by atoms with Crippen LogP contribution in [0.1, 0.15) is 13.8 Å². The van der Waals surface area contributed by atoms with Gasteiger partial charge in [0.15, 0.2) is 0 Å². The SMILES string of the molecule is CC(C)[Si+](c1ccccc1)c1ccccc1. The summed E-state index contributed by atoms with van der Waals surface area (Å²) in [4.78, 5) is 0. The van der Waals surface area contributed by atoms with E-state index in [-0.39, 0.29) is 0 Å². The quantitative estimate of drug-likeness (QED) is 0.705. The van der Waals surface area contributed by atoms with Crippen molar-refractivity contribution in [3.05, 3.63) is 60.7 Å². The molecule has 0 unspecified atom stereocenters. The molecule has 0 spiro atoms. The van der Waals surface area contributed by atoms with Crippen molar-refractivity contribution in [3.63, 3.8) is 0 Å². The van der Waals surface area contributed by atoms with E-state index in [1.165, 1.54) is 10.4 Å². The van der Waals surface area contributed by atoms with E-state index in [2.05, 4.69) is 74.5 Å². The molecule has 0 N–H and O–H groups in total. The average molecular weight is 225 g/mol. The van der Waals surface area contributed by atoms with Gasteiger partial charge in [0, 0.05) is 0 Å². The van der Waals surface area contributed by atoms with Crippen LogP contribution in [-0.4, -0.2) is 8.80 Å². The molecule has 16 heavy (non-hydrogen) atoms. The largest absolute Gasteiger partial charge is 0.393 e. The van der Waals surface area contributed by atoms with Gasteiger partial charge >= 0.3 is 8.80 Å². The topological polar surface area (TPSA) is 0 Å². The van der Waals surface area contributed by atoms with Crippen LogP contribution >= 0.6 is 0 Å². The lowest BCUT2D eigenvalue weighted by molar-refractivity contribution is 1.05. The smallest absolute Gasteiger partial charge is 0.0621 e. The van der Waals surface area contributed by atoms with Crippen molar-refractivity contribution in [1.29, 1.82) is 0 Å². The molecule has 0 radical (unpaired) electrons. The van der Waals surface area contributed by atoms with Crippen molar-refractivity contribution in [2.75, 3.05) is 0 Å². The van der Waals surface area contributed by atoms with E-state index in [9.17, 15) is 0 Å². The van der Waals surface area contributed by atoms with E-state index >= 15 is 0 Å². The summed E-state index contributed by atoms with van der Waals surface area (Å²) in [6.45, 7) is 4.66. The van der Waals surface area contributed by atoms with Gasteiger partial charge in [-0.05, 0) is 38.1 Å². The van der Waals surface area contributed by atoms with E-state index in [1.807, 2.05) is 0 Å². The molecule has 0 saturated heterocycles. The first kappa shape index (κ1) is 11.2. The van der Waals surface area contributed by atoms with Crippen LogP contribution in [0.5, 0.6) is 0 Å². The molecule has 0 heterocycles. The summed E-state index contributed by atoms with van der Waals surface area (Å²) in [6.07, 6.45) is 0. The standard InChI is InChI=1S/C15H17Si/c1-13(2)16(14-9-5-3-6-10-14)15-11-7-4-8-12-15/h3-13H,1-2H3/q+1. The Morgan fingerprint density at radius 3 is 1.38 bits per heavy atom. The maximum atomic E-state index is 2.33. The lowest BCUT2D eigenvalue weighted by atomic mass is 10.4. The molecule has 0 aromatic heterocycles. The van der Waals surface area contributed by atoms with Crippen molar-refractivity contribution in [2.24, 2.45) is 0 Å². The van der Waals surface area contributed by atoms with Gasteiger partial charge in [0.1, 0.15) is 10.4 Å². The molecule has 0 atom stereocenters. The Bertz CT molecular complexity index is 380. The normalized spacial score (nSPS) is 10.4. The summed E-state index contributed by atoms with van der Waals surface area (Å²) < 4.78 is 0. The third kappa shape index (κ3) is 2.42. The summed E-state index contributed by atoms with van der Waals surface area (Å²) in [7, 11) is -0.617. The van der Waals surface area contributed by atoms with Crippen LogP contribution in [0.25, 0.3) is 0 Å². The van der Waals surface area contributed by atoms with Crippen LogP contribution < -0.4 is 10.4 Å². The maximum absolute atomic E-state index is 2.33. The summed E-state index contributed by atoms with van der Waals surface area (Å²) in [5.41, 5.74) is 0.717. The molecule has 2 aromatic rings. The second-order valence-corrected chi connectivity index (χ2v) is 7.44. The summed E-state index contributed by atoms with van der Waals surface area (Å²) in [5.74, 6) is 0. The van der Waals surface area contributed by atoms with E-state index in [4.69, 9.17) is 0 Å². The van der Waals surface area contributed by atoms with Gasteiger partial charge in [0.05, 0.1) is 5.54 Å². The van der Waals surface area contributed by atoms with Crippen molar-refractivity contribution in [2.45, 2.75) is 19.4 Å². The minimum absolute atomic E-state index is 0.617. The maximum Gasteiger partial charge on any atom is 0.393 e. The van der Waals surface area contributed by atoms with Gasteiger partial charge in [0.25, 0.3) is 0 Å². The average Bonchev–Trinajstić information content (AvgIpc) is 2.31. The van der Waals surface area contributed by atoms with Gasteiger partial charge in [-0.15, -0.1) is 0 Å². The van der Waals surface area contributed by atoms with Crippen molar-refractivity contribution >= 4 is 19.2 Å². The number of rotatable bonds is 3. The molecule has 80 valence electrons. The molecule has 0 fully saturated rings. The molecule has 0 saturated carbocycles. The summed E-state index contributed by atoms with van der Waals surface area (Å²) >= 11 is 0. The Hall–Kier alpha value is -1.34. The van der Waals surface area contributed by atoms with Gasteiger partial charge in [0.2, 0.25) is 0 Å². The lowest BCUT2D eigenvalue weighted by Gasteiger charge is -2.05. The Balaban J connectivity index is 2.40. The third-order valence-corrected chi connectivity index (χ3v) is 5.81. The fourth-order valence-corrected chi connectivity index (χ4v) is 4.84. The van der Waals surface area contributed by atoms with Crippen molar-refractivity contribution in [1.82, 2.24) is 0 Å². The van der Waals surface area contributed by atoms with Crippen LogP contribution in [0.4, 0.5) is 0 Å². The molecule has 2 aromatic carbocycles. The number of hydrogen-bond acceptors (Lipinski definition) is 0. The second kappa shape index (κ2) is 5.13. The summed E-state index contributed by atoms with van der Waals surface area (Å²) in [6, 6.07) is 21.8.